The van der Waals surface area contributed by atoms with Gasteiger partial charge in [0, 0.05) is 31.2 Å². The third kappa shape index (κ3) is 4.21. The van der Waals surface area contributed by atoms with Crippen LogP contribution in [0, 0.1) is 5.41 Å². The van der Waals surface area contributed by atoms with E-state index in [-0.39, 0.29) is 11.9 Å². The Morgan fingerprint density at radius 1 is 1.33 bits per heavy atom. The van der Waals surface area contributed by atoms with E-state index in [2.05, 4.69) is 22.8 Å². The second-order valence-corrected chi connectivity index (χ2v) is 7.79. The van der Waals surface area contributed by atoms with Crippen LogP contribution in [-0.4, -0.2) is 49.5 Å². The molecule has 0 saturated carbocycles. The molecule has 1 atom stereocenters. The highest BCUT2D eigenvalue weighted by atomic mass is 32.1. The predicted octanol–water partition coefficient (Wildman–Crippen LogP) is 2.62. The van der Waals surface area contributed by atoms with Crippen LogP contribution in [-0.2, 0) is 16.0 Å². The Balaban J connectivity index is 1.48. The normalized spacial score (nSPS) is 19.4. The topological polar surface area (TPSA) is 77.5 Å². The van der Waals surface area contributed by atoms with Crippen molar-refractivity contribution in [1.82, 2.24) is 10.2 Å². The van der Waals surface area contributed by atoms with Crippen LogP contribution in [0.2, 0.25) is 0 Å². The monoisotopic (exact) mass is 384 g/mol. The van der Waals surface area contributed by atoms with Gasteiger partial charge in [-0.25, -0.2) is 0 Å². The number of nitrogens with one attached hydrogen (secondary N) is 3. The lowest BCUT2D eigenvalue weighted by Gasteiger charge is -2.31. The fraction of sp³-hybridized carbons (Fsp3) is 0.400. The van der Waals surface area contributed by atoms with Crippen molar-refractivity contribution in [2.45, 2.75) is 18.9 Å². The van der Waals surface area contributed by atoms with E-state index in [1.54, 1.807) is 11.3 Å². The fourth-order valence-corrected chi connectivity index (χ4v) is 4.27. The number of carbonyl (C=O) groups is 1. The van der Waals surface area contributed by atoms with E-state index in [0.717, 1.165) is 29.1 Å². The number of rotatable bonds is 4. The molecule has 3 heterocycles. The molecule has 27 heavy (non-hydrogen) atoms. The van der Waals surface area contributed by atoms with Gasteiger partial charge in [-0.15, -0.1) is 11.3 Å². The number of fused-ring (bicyclic) bond motifs is 1. The minimum atomic E-state index is 0.0155. The smallest absolute Gasteiger partial charge is 0.224 e. The van der Waals surface area contributed by atoms with Gasteiger partial charge in [-0.05, 0) is 47.7 Å². The predicted molar refractivity (Wildman–Crippen MR) is 108 cm³/mol. The quantitative estimate of drug-likeness (QED) is 0.559. The first-order valence-corrected chi connectivity index (χ1v) is 10.2. The van der Waals surface area contributed by atoms with Crippen molar-refractivity contribution in [3.05, 3.63) is 51.7 Å². The van der Waals surface area contributed by atoms with Gasteiger partial charge in [0.05, 0.1) is 18.1 Å². The molecule has 2 aliphatic rings. The summed E-state index contributed by atoms with van der Waals surface area (Å²) in [5.74, 6) is 0.572. The number of thiophene rings is 1. The van der Waals surface area contributed by atoms with E-state index in [1.807, 2.05) is 28.5 Å². The molecule has 0 bridgehead atoms. The highest BCUT2D eigenvalue weighted by Crippen LogP contribution is 2.29. The number of benzene rings is 1. The third-order valence-electron chi connectivity index (χ3n) is 5.09. The fourth-order valence-electron chi connectivity index (χ4n) is 3.64. The van der Waals surface area contributed by atoms with Gasteiger partial charge < -0.3 is 20.3 Å². The molecule has 1 aromatic heterocycles. The van der Waals surface area contributed by atoms with Gasteiger partial charge in [-0.3, -0.25) is 10.2 Å². The number of hydrogen-bond donors (Lipinski definition) is 3. The molecule has 6 nitrogen and oxygen atoms in total. The average Bonchev–Trinajstić information content (AvgIpc) is 3.24. The summed E-state index contributed by atoms with van der Waals surface area (Å²) in [4.78, 5) is 15.5. The van der Waals surface area contributed by atoms with Crippen molar-refractivity contribution in [2.24, 2.45) is 0 Å². The van der Waals surface area contributed by atoms with Gasteiger partial charge in [0.25, 0.3) is 0 Å². The van der Waals surface area contributed by atoms with Crippen molar-refractivity contribution in [2.75, 3.05) is 38.2 Å². The van der Waals surface area contributed by atoms with Gasteiger partial charge in [-0.1, -0.05) is 12.1 Å². The van der Waals surface area contributed by atoms with E-state index in [9.17, 15) is 4.79 Å². The molecule has 7 heteroatoms. The first kappa shape index (κ1) is 18.2. The second kappa shape index (κ2) is 8.21. The van der Waals surface area contributed by atoms with E-state index in [0.29, 0.717) is 38.6 Å². The van der Waals surface area contributed by atoms with Crippen molar-refractivity contribution < 1.29 is 9.53 Å². The molecule has 3 N–H and O–H groups in total. The van der Waals surface area contributed by atoms with Crippen molar-refractivity contribution in [1.29, 1.82) is 5.41 Å². The van der Waals surface area contributed by atoms with E-state index >= 15 is 0 Å². The van der Waals surface area contributed by atoms with Crippen LogP contribution in [0.15, 0.2) is 35.7 Å². The number of nitrogens with zero attached hydrogens (tertiary/aromatic N) is 1. The number of ether oxygens (including phenoxy) is 1. The minimum Gasteiger partial charge on any atom is -0.378 e. The lowest BCUT2D eigenvalue weighted by molar-refractivity contribution is -0.135. The molecule has 2 aromatic rings. The highest BCUT2D eigenvalue weighted by Gasteiger charge is 2.26. The zero-order chi connectivity index (χ0) is 18.6. The van der Waals surface area contributed by atoms with Gasteiger partial charge >= 0.3 is 0 Å². The lowest BCUT2D eigenvalue weighted by Crippen LogP contribution is -2.43. The summed E-state index contributed by atoms with van der Waals surface area (Å²) in [5.41, 5.74) is 3.33. The van der Waals surface area contributed by atoms with Crippen molar-refractivity contribution in [3.63, 3.8) is 0 Å². The number of carbonyl (C=O) groups excluding carboxylic acids is 1. The summed E-state index contributed by atoms with van der Waals surface area (Å²) < 4.78 is 5.34. The molecule has 0 radical (unpaired) electrons. The number of morpholine rings is 1. The number of anilines is 1. The van der Waals surface area contributed by atoms with Crippen LogP contribution in [0.25, 0.3) is 0 Å². The van der Waals surface area contributed by atoms with E-state index < -0.39 is 0 Å². The summed E-state index contributed by atoms with van der Waals surface area (Å²) >= 11 is 1.54. The molecule has 4 rings (SSSR count). The Bertz CT molecular complexity index is 815. The average molecular weight is 385 g/mol. The minimum absolute atomic E-state index is 0.0155. The second-order valence-electron chi connectivity index (χ2n) is 6.84. The van der Waals surface area contributed by atoms with Crippen LogP contribution in [0.1, 0.15) is 28.5 Å². The summed E-state index contributed by atoms with van der Waals surface area (Å²) in [6.45, 7) is 3.49. The maximum atomic E-state index is 12.7. The maximum absolute atomic E-state index is 12.7. The summed E-state index contributed by atoms with van der Waals surface area (Å²) in [5, 5.41) is 16.9. The Morgan fingerprint density at radius 2 is 2.19 bits per heavy atom. The Kier molecular flexibility index (Phi) is 5.52. The first-order chi connectivity index (χ1) is 13.2. The molecule has 2 aliphatic heterocycles. The Hall–Kier alpha value is -2.22. The standard InChI is InChI=1S/C20H24N4O2S/c21-20(18-2-1-11-27-18)23-15-4-3-14-5-6-22-17(16(14)12-15)13-19(25)24-7-9-26-10-8-24/h1-4,11-12,17,22H,5-10,13H2,(H2,21,23). The molecule has 0 spiro atoms. The van der Waals surface area contributed by atoms with E-state index in [1.165, 1.54) is 5.56 Å². The molecule has 0 aliphatic carbocycles. The number of amides is 1. The molecular formula is C20H24N4O2S. The van der Waals surface area contributed by atoms with Crippen LogP contribution < -0.4 is 10.6 Å². The molecule has 142 valence electrons. The van der Waals surface area contributed by atoms with Crippen LogP contribution >= 0.6 is 11.3 Å². The number of hydrogen-bond acceptors (Lipinski definition) is 5. The summed E-state index contributed by atoms with van der Waals surface area (Å²) in [6.07, 6.45) is 1.42. The maximum Gasteiger partial charge on any atom is 0.224 e. The summed E-state index contributed by atoms with van der Waals surface area (Å²) in [6, 6.07) is 10.1. The SMILES string of the molecule is N=C(Nc1ccc2c(c1)C(CC(=O)N1CCOCC1)NCC2)c1cccs1. The molecule has 1 saturated heterocycles. The van der Waals surface area contributed by atoms with Gasteiger partial charge in [0.2, 0.25) is 5.91 Å². The Labute approximate surface area is 163 Å². The zero-order valence-electron chi connectivity index (χ0n) is 15.2. The molecule has 1 unspecified atom stereocenters. The summed E-state index contributed by atoms with van der Waals surface area (Å²) in [7, 11) is 0. The highest BCUT2D eigenvalue weighted by molar-refractivity contribution is 7.12. The van der Waals surface area contributed by atoms with Crippen LogP contribution in [0.5, 0.6) is 0 Å². The van der Waals surface area contributed by atoms with Crippen LogP contribution in [0.4, 0.5) is 5.69 Å². The lowest BCUT2D eigenvalue weighted by atomic mass is 9.91. The third-order valence-corrected chi connectivity index (χ3v) is 5.97. The molecule has 1 amide bonds. The van der Waals surface area contributed by atoms with Gasteiger partial charge in [-0.2, -0.15) is 0 Å². The van der Waals surface area contributed by atoms with Gasteiger partial charge in [0.1, 0.15) is 5.84 Å². The number of amidine groups is 1. The van der Waals surface area contributed by atoms with Crippen molar-refractivity contribution in [3.8, 4) is 0 Å². The van der Waals surface area contributed by atoms with Crippen molar-refractivity contribution >= 4 is 28.8 Å². The zero-order valence-corrected chi connectivity index (χ0v) is 16.0. The molecule has 1 aromatic carbocycles. The van der Waals surface area contributed by atoms with E-state index in [4.69, 9.17) is 10.1 Å². The molecule has 1 fully saturated rings. The first-order valence-electron chi connectivity index (χ1n) is 9.32. The van der Waals surface area contributed by atoms with Crippen LogP contribution in [0.3, 0.4) is 0 Å². The largest absolute Gasteiger partial charge is 0.378 e. The van der Waals surface area contributed by atoms with Gasteiger partial charge in [0.15, 0.2) is 0 Å². The molecular weight excluding hydrogens is 360 g/mol. The Morgan fingerprint density at radius 3 is 2.96 bits per heavy atom.